The molecule has 0 spiro atoms. The number of benzene rings is 7. The minimum Gasteiger partial charge on any atom is -0.493 e. The van der Waals surface area contributed by atoms with Crippen LogP contribution in [0.1, 0.15) is 99.2 Å². The summed E-state index contributed by atoms with van der Waals surface area (Å²) in [6, 6.07) is 71.0. The fourth-order valence-corrected chi connectivity index (χ4v) is 25.8. The topological polar surface area (TPSA) is 18.5 Å². The van der Waals surface area contributed by atoms with Crippen molar-refractivity contribution in [2.45, 2.75) is 93.4 Å². The minimum absolute atomic E-state index is 0.0686. The van der Waals surface area contributed by atoms with E-state index in [2.05, 4.69) is 255 Å². The van der Waals surface area contributed by atoms with E-state index >= 15 is 0 Å². The highest BCUT2D eigenvalue weighted by atomic mass is 31.1. The molecule has 0 saturated carbocycles. The molecule has 0 bridgehead atoms. The summed E-state index contributed by atoms with van der Waals surface area (Å²) in [5.74, 6) is 0.979. The molecule has 0 N–H and O–H groups in total. The first-order chi connectivity index (χ1) is 33.9. The van der Waals surface area contributed by atoms with E-state index in [1.54, 1.807) is 16.7 Å². The predicted octanol–water partition coefficient (Wildman–Crippen LogP) is 15.5. The number of allylic oxidation sites excluding steroid dienone is 2. The summed E-state index contributed by atoms with van der Waals surface area (Å²) in [6.45, 7) is 18.8. The Bertz CT molecular complexity index is 2930. The average molecular weight is 991 g/mol. The molecule has 7 aromatic carbocycles. The Labute approximate surface area is 423 Å². The SMILES string of the molecule is CC12C=CC=C(P(c3ccccc3)c3ccccc3)[C@@H]1c1c(cccc1P(c1ccccc1)c1ccccc1)OCC(C1c3ccccc3[C@H](C3c4ccccc4CP3C(C)(C)C)[P@@]1C(C)(C)C)CO2. The summed E-state index contributed by atoms with van der Waals surface area (Å²) in [7, 11) is -2.94. The zero-order valence-electron chi connectivity index (χ0n) is 41.7. The summed E-state index contributed by atoms with van der Waals surface area (Å²) in [5.41, 5.74) is 8.11. The maximum atomic E-state index is 7.93. The van der Waals surface area contributed by atoms with Crippen LogP contribution in [0.2, 0.25) is 0 Å². The Morgan fingerprint density at radius 2 is 1.03 bits per heavy atom. The monoisotopic (exact) mass is 990 g/mol. The van der Waals surface area contributed by atoms with Crippen LogP contribution in [0.25, 0.3) is 0 Å². The molecule has 0 fully saturated rings. The lowest BCUT2D eigenvalue weighted by Gasteiger charge is -2.46. The van der Waals surface area contributed by atoms with E-state index in [0.717, 1.165) is 5.75 Å². The number of hydrogen-bond donors (Lipinski definition) is 0. The molecule has 4 aliphatic rings. The maximum absolute atomic E-state index is 7.93. The second kappa shape index (κ2) is 19.5. The highest BCUT2D eigenvalue weighted by Gasteiger charge is 2.56. The maximum Gasteiger partial charge on any atom is 0.123 e. The lowest BCUT2D eigenvalue weighted by atomic mass is 9.79. The Morgan fingerprint density at radius 3 is 1.59 bits per heavy atom. The Hall–Kier alpha value is -4.50. The van der Waals surface area contributed by atoms with Crippen LogP contribution in [0.3, 0.4) is 0 Å². The van der Waals surface area contributed by atoms with Gasteiger partial charge in [-0.2, -0.15) is 0 Å². The van der Waals surface area contributed by atoms with Gasteiger partial charge in [-0.1, -0.05) is 258 Å². The molecule has 11 rings (SSSR count). The van der Waals surface area contributed by atoms with Crippen molar-refractivity contribution in [3.8, 4) is 5.75 Å². The van der Waals surface area contributed by atoms with Crippen molar-refractivity contribution in [2.24, 2.45) is 5.92 Å². The standard InChI is InChI=1S/C64H66O2P4/c1-62(2,3)67-44-45-26-20-21-35-51(45)60(67)61-53-37-23-22-36-52(53)59(70(61)63(4,5)6)46-42-65-54-38-24-39-55(68(47-27-12-8-13-28-47)48-29-14-9-15-30-48)57(54)58-56(40-25-41-64(58,7)66-43-46)69(49-31-16-10-17-32-49)50-33-18-11-19-34-50/h8-41,46,58-61H,42-44H2,1-7H3/t46?,58-,59?,60?,61-,64?,67?,70+/m1/s1. The molecule has 3 heterocycles. The zero-order valence-corrected chi connectivity index (χ0v) is 45.3. The van der Waals surface area contributed by atoms with Crippen molar-refractivity contribution < 1.29 is 9.47 Å². The lowest BCUT2D eigenvalue weighted by molar-refractivity contribution is -0.0281. The zero-order chi connectivity index (χ0) is 48.2. The highest BCUT2D eigenvalue weighted by molar-refractivity contribution is 7.80. The van der Waals surface area contributed by atoms with E-state index in [4.69, 9.17) is 9.47 Å². The fourth-order valence-electron chi connectivity index (χ4n) is 12.2. The molecule has 70 heavy (non-hydrogen) atoms. The summed E-state index contributed by atoms with van der Waals surface area (Å²) >= 11 is 0. The van der Waals surface area contributed by atoms with Gasteiger partial charge in [0, 0.05) is 34.4 Å². The van der Waals surface area contributed by atoms with Gasteiger partial charge in [0.05, 0.1) is 18.8 Å². The van der Waals surface area contributed by atoms with E-state index in [9.17, 15) is 0 Å². The third-order valence-electron chi connectivity index (χ3n) is 15.2. The van der Waals surface area contributed by atoms with Gasteiger partial charge in [-0.05, 0) is 99.4 Å². The summed E-state index contributed by atoms with van der Waals surface area (Å²) in [4.78, 5) is 0. The van der Waals surface area contributed by atoms with E-state index in [-0.39, 0.29) is 30.1 Å². The van der Waals surface area contributed by atoms with Crippen LogP contribution in [0.4, 0.5) is 0 Å². The van der Waals surface area contributed by atoms with E-state index in [1.165, 1.54) is 49.1 Å². The first-order valence-electron chi connectivity index (χ1n) is 25.2. The molecule has 2 nitrogen and oxygen atoms in total. The number of ether oxygens (including phenoxy) is 2. The van der Waals surface area contributed by atoms with Gasteiger partial charge in [0.2, 0.25) is 0 Å². The van der Waals surface area contributed by atoms with Gasteiger partial charge in [0.15, 0.2) is 0 Å². The van der Waals surface area contributed by atoms with E-state index < -0.39 is 29.4 Å². The van der Waals surface area contributed by atoms with Gasteiger partial charge >= 0.3 is 0 Å². The van der Waals surface area contributed by atoms with Crippen LogP contribution < -0.4 is 31.3 Å². The van der Waals surface area contributed by atoms with Crippen LogP contribution in [0, 0.1) is 5.92 Å². The van der Waals surface area contributed by atoms with Crippen LogP contribution in [-0.2, 0) is 10.9 Å². The molecular weight excluding hydrogens is 925 g/mol. The van der Waals surface area contributed by atoms with Crippen LogP contribution in [0.5, 0.6) is 5.75 Å². The minimum atomic E-state index is -0.990. The van der Waals surface area contributed by atoms with Crippen molar-refractivity contribution in [1.29, 1.82) is 0 Å². The fraction of sp³-hybridized carbons (Fsp3) is 0.281. The van der Waals surface area contributed by atoms with E-state index in [0.29, 0.717) is 30.2 Å². The molecule has 8 atom stereocenters. The Morgan fingerprint density at radius 1 is 0.514 bits per heavy atom. The number of hydrogen-bond acceptors (Lipinski definition) is 2. The molecule has 3 aliphatic heterocycles. The number of rotatable bonds is 8. The van der Waals surface area contributed by atoms with Crippen LogP contribution in [-0.4, -0.2) is 29.1 Å². The van der Waals surface area contributed by atoms with Crippen molar-refractivity contribution in [3.63, 3.8) is 0 Å². The molecule has 7 aromatic rings. The van der Waals surface area contributed by atoms with Crippen molar-refractivity contribution >= 4 is 58.2 Å². The molecule has 0 aromatic heterocycles. The quantitative estimate of drug-likeness (QED) is 0.141. The van der Waals surface area contributed by atoms with Crippen LogP contribution in [0.15, 0.2) is 212 Å². The second-order valence-corrected chi connectivity index (χ2v) is 32.5. The average Bonchev–Trinajstić information content (AvgIpc) is 3.94. The summed E-state index contributed by atoms with van der Waals surface area (Å²) in [5, 5.41) is 8.35. The lowest BCUT2D eigenvalue weighted by Crippen LogP contribution is -2.41. The summed E-state index contributed by atoms with van der Waals surface area (Å²) < 4.78 is 15.6. The third-order valence-corrected chi connectivity index (χ3v) is 28.1. The molecule has 0 saturated heterocycles. The summed E-state index contributed by atoms with van der Waals surface area (Å²) in [6.07, 6.45) is 8.35. The van der Waals surface area contributed by atoms with Gasteiger partial charge in [-0.3, -0.25) is 0 Å². The predicted molar refractivity (Wildman–Crippen MR) is 306 cm³/mol. The van der Waals surface area contributed by atoms with E-state index in [1.807, 2.05) is 0 Å². The second-order valence-electron chi connectivity index (χ2n) is 21.7. The van der Waals surface area contributed by atoms with Crippen molar-refractivity contribution in [1.82, 2.24) is 0 Å². The first-order valence-corrected chi connectivity index (χ1v) is 31.0. The largest absolute Gasteiger partial charge is 0.493 e. The van der Waals surface area contributed by atoms with Gasteiger partial charge in [-0.25, -0.2) is 0 Å². The first kappa shape index (κ1) is 47.8. The highest BCUT2D eigenvalue weighted by Crippen LogP contribution is 2.85. The molecule has 5 unspecified atom stereocenters. The molecule has 0 amide bonds. The van der Waals surface area contributed by atoms with Gasteiger partial charge in [-0.15, -0.1) is 0 Å². The molecule has 6 heteroatoms. The van der Waals surface area contributed by atoms with Crippen molar-refractivity contribution in [3.05, 3.63) is 239 Å². The van der Waals surface area contributed by atoms with Gasteiger partial charge in [0.1, 0.15) is 5.75 Å². The molecule has 1 aliphatic carbocycles. The van der Waals surface area contributed by atoms with Gasteiger partial charge < -0.3 is 9.47 Å². The third kappa shape index (κ3) is 8.84. The molecule has 0 radical (unpaired) electrons. The van der Waals surface area contributed by atoms with Crippen molar-refractivity contribution in [2.75, 3.05) is 13.2 Å². The normalized spacial score (nSPS) is 25.2. The number of fused-ring (bicyclic) bond motifs is 5. The molecule has 354 valence electrons. The molecular formula is C64H66O2P4. The smallest absolute Gasteiger partial charge is 0.123 e. The Kier molecular flexibility index (Phi) is 13.3. The van der Waals surface area contributed by atoms with Gasteiger partial charge in [0.25, 0.3) is 0 Å². The Balaban J connectivity index is 1.11. The van der Waals surface area contributed by atoms with Crippen LogP contribution >= 0.6 is 31.7 Å².